The molecule has 7 heteroatoms. The van der Waals surface area contributed by atoms with Crippen LogP contribution in [0.15, 0.2) is 89.7 Å². The Morgan fingerprint density at radius 3 is 2.19 bits per heavy atom. The molecule has 0 amide bonds. The quantitative estimate of drug-likeness (QED) is 0.432. The molecule has 4 aromatic rings. The van der Waals surface area contributed by atoms with Crippen molar-refractivity contribution >= 4 is 28.7 Å². The fourth-order valence-corrected chi connectivity index (χ4v) is 3.47. The van der Waals surface area contributed by atoms with Gasteiger partial charge >= 0.3 is 0 Å². The summed E-state index contributed by atoms with van der Waals surface area (Å²) in [6.45, 7) is 1.87. The molecule has 31 heavy (non-hydrogen) atoms. The van der Waals surface area contributed by atoms with Crippen LogP contribution in [0.2, 0.25) is 0 Å². The van der Waals surface area contributed by atoms with E-state index >= 15 is 0 Å². The molecule has 0 saturated carbocycles. The highest BCUT2D eigenvalue weighted by Gasteiger charge is 2.17. The van der Waals surface area contributed by atoms with Crippen molar-refractivity contribution in [2.45, 2.75) is 6.92 Å². The summed E-state index contributed by atoms with van der Waals surface area (Å²) in [6.07, 6.45) is 0. The van der Waals surface area contributed by atoms with Crippen molar-refractivity contribution in [3.05, 3.63) is 101 Å². The van der Waals surface area contributed by atoms with Crippen LogP contribution < -0.4 is 20.9 Å². The minimum atomic E-state index is -0.177. The van der Waals surface area contributed by atoms with E-state index in [1.807, 2.05) is 98.9 Å². The van der Waals surface area contributed by atoms with Crippen LogP contribution in [0.1, 0.15) is 5.69 Å². The van der Waals surface area contributed by atoms with E-state index in [-0.39, 0.29) is 5.56 Å². The standard InChI is InChI=1S/C24H22N4O2S/c1-17-22(23(29)28(27(17)2)18-11-5-3-6-12-18)26-24(31)25-20-15-9-10-16-21(20)30-19-13-7-4-8-14-19/h3-16H,1-2H3,(H2,25,26,31). The predicted octanol–water partition coefficient (Wildman–Crippen LogP) is 5.09. The highest BCUT2D eigenvalue weighted by Crippen LogP contribution is 2.29. The van der Waals surface area contributed by atoms with Crippen LogP contribution in [0.3, 0.4) is 0 Å². The first-order chi connectivity index (χ1) is 15.0. The van der Waals surface area contributed by atoms with E-state index in [2.05, 4.69) is 10.6 Å². The summed E-state index contributed by atoms with van der Waals surface area (Å²) >= 11 is 5.50. The largest absolute Gasteiger partial charge is 0.455 e. The lowest BCUT2D eigenvalue weighted by atomic mass is 10.3. The van der Waals surface area contributed by atoms with Gasteiger partial charge in [-0.1, -0.05) is 48.5 Å². The van der Waals surface area contributed by atoms with Crippen molar-refractivity contribution in [3.8, 4) is 17.2 Å². The molecular formula is C24H22N4O2S. The van der Waals surface area contributed by atoms with Crippen molar-refractivity contribution in [3.63, 3.8) is 0 Å². The number of hydrogen-bond donors (Lipinski definition) is 2. The Morgan fingerprint density at radius 1 is 0.871 bits per heavy atom. The minimum Gasteiger partial charge on any atom is -0.455 e. The van der Waals surface area contributed by atoms with Crippen molar-refractivity contribution in [2.75, 3.05) is 10.6 Å². The van der Waals surface area contributed by atoms with E-state index in [0.29, 0.717) is 22.2 Å². The Hall–Kier alpha value is -3.84. The van der Waals surface area contributed by atoms with Gasteiger partial charge in [-0.2, -0.15) is 0 Å². The summed E-state index contributed by atoms with van der Waals surface area (Å²) in [7, 11) is 1.84. The lowest BCUT2D eigenvalue weighted by Gasteiger charge is -2.14. The average molecular weight is 431 g/mol. The number of nitrogens with one attached hydrogen (secondary N) is 2. The summed E-state index contributed by atoms with van der Waals surface area (Å²) < 4.78 is 9.37. The van der Waals surface area contributed by atoms with Crippen molar-refractivity contribution < 1.29 is 4.74 Å². The van der Waals surface area contributed by atoms with Crippen molar-refractivity contribution in [2.24, 2.45) is 7.05 Å². The van der Waals surface area contributed by atoms with E-state index in [1.165, 1.54) is 0 Å². The topological polar surface area (TPSA) is 60.2 Å². The first-order valence-corrected chi connectivity index (χ1v) is 10.2. The van der Waals surface area contributed by atoms with E-state index in [4.69, 9.17) is 17.0 Å². The second-order valence-electron chi connectivity index (χ2n) is 6.93. The summed E-state index contributed by atoms with van der Waals surface area (Å²) in [5, 5.41) is 6.50. The van der Waals surface area contributed by atoms with E-state index in [0.717, 1.165) is 17.1 Å². The molecule has 6 nitrogen and oxygen atoms in total. The molecule has 0 unspecified atom stereocenters. The second kappa shape index (κ2) is 8.89. The number of hydrogen-bond acceptors (Lipinski definition) is 3. The third-order valence-electron chi connectivity index (χ3n) is 4.90. The molecule has 1 heterocycles. The first-order valence-electron chi connectivity index (χ1n) is 9.78. The van der Waals surface area contributed by atoms with Gasteiger partial charge in [0, 0.05) is 7.05 Å². The van der Waals surface area contributed by atoms with E-state index in [9.17, 15) is 4.79 Å². The van der Waals surface area contributed by atoms with Gasteiger partial charge < -0.3 is 15.4 Å². The molecule has 4 rings (SSSR count). The maximum atomic E-state index is 13.1. The number of nitrogens with zero attached hydrogens (tertiary/aromatic N) is 2. The maximum absolute atomic E-state index is 13.1. The average Bonchev–Trinajstić information content (AvgIpc) is 2.99. The number of aromatic nitrogens is 2. The number of thiocarbonyl (C=S) groups is 1. The fourth-order valence-electron chi connectivity index (χ4n) is 3.25. The molecule has 1 aromatic heterocycles. The molecule has 0 atom stereocenters. The van der Waals surface area contributed by atoms with Crippen molar-refractivity contribution in [1.82, 2.24) is 9.36 Å². The molecule has 0 aliphatic rings. The maximum Gasteiger partial charge on any atom is 0.295 e. The zero-order valence-corrected chi connectivity index (χ0v) is 18.0. The Morgan fingerprint density at radius 2 is 1.48 bits per heavy atom. The number of rotatable bonds is 5. The summed E-state index contributed by atoms with van der Waals surface area (Å²) in [6, 6.07) is 26.5. The third-order valence-corrected chi connectivity index (χ3v) is 5.10. The second-order valence-corrected chi connectivity index (χ2v) is 7.34. The van der Waals surface area contributed by atoms with Crippen LogP contribution in [0.4, 0.5) is 11.4 Å². The lowest BCUT2D eigenvalue weighted by molar-refractivity contribution is 0.485. The van der Waals surface area contributed by atoms with Gasteiger partial charge in [0.25, 0.3) is 5.56 Å². The van der Waals surface area contributed by atoms with Crippen molar-refractivity contribution in [1.29, 1.82) is 0 Å². The molecule has 0 spiro atoms. The van der Waals surface area contributed by atoms with Crippen LogP contribution in [-0.2, 0) is 7.05 Å². The number of para-hydroxylation sites is 4. The number of ether oxygens (including phenoxy) is 1. The third kappa shape index (κ3) is 4.36. The van der Waals surface area contributed by atoms with Gasteiger partial charge in [0.2, 0.25) is 0 Å². The molecule has 156 valence electrons. The van der Waals surface area contributed by atoms with Crippen LogP contribution in [0.5, 0.6) is 11.5 Å². The van der Waals surface area contributed by atoms with Gasteiger partial charge in [-0.3, -0.25) is 9.48 Å². The molecule has 0 radical (unpaired) electrons. The summed E-state index contributed by atoms with van der Waals surface area (Å²) in [4.78, 5) is 13.1. The normalized spacial score (nSPS) is 10.5. The van der Waals surface area contributed by atoms with Crippen LogP contribution in [0.25, 0.3) is 5.69 Å². The lowest BCUT2D eigenvalue weighted by Crippen LogP contribution is -2.25. The predicted molar refractivity (Wildman–Crippen MR) is 129 cm³/mol. The molecule has 2 N–H and O–H groups in total. The SMILES string of the molecule is Cc1c(NC(=S)Nc2ccccc2Oc2ccccc2)c(=O)n(-c2ccccc2)n1C. The molecule has 0 fully saturated rings. The molecule has 0 saturated heterocycles. The highest BCUT2D eigenvalue weighted by molar-refractivity contribution is 7.80. The Bertz CT molecular complexity index is 1260. The van der Waals surface area contributed by atoms with Gasteiger partial charge in [-0.05, 0) is 55.5 Å². The Balaban J connectivity index is 1.56. The van der Waals surface area contributed by atoms with Crippen LogP contribution in [-0.4, -0.2) is 14.5 Å². The molecule has 0 aliphatic carbocycles. The Kier molecular flexibility index (Phi) is 5.86. The zero-order chi connectivity index (χ0) is 21.8. The first kappa shape index (κ1) is 20.4. The fraction of sp³-hybridized carbons (Fsp3) is 0.0833. The Labute approximate surface area is 185 Å². The monoisotopic (exact) mass is 430 g/mol. The van der Waals surface area contributed by atoms with Crippen LogP contribution >= 0.6 is 12.2 Å². The van der Waals surface area contributed by atoms with Gasteiger partial charge in [-0.15, -0.1) is 0 Å². The zero-order valence-electron chi connectivity index (χ0n) is 17.2. The molecule has 0 bridgehead atoms. The van der Waals surface area contributed by atoms with Crippen LogP contribution in [0, 0.1) is 6.92 Å². The minimum absolute atomic E-state index is 0.177. The highest BCUT2D eigenvalue weighted by atomic mass is 32.1. The van der Waals surface area contributed by atoms with Gasteiger partial charge in [0.1, 0.15) is 11.4 Å². The smallest absolute Gasteiger partial charge is 0.295 e. The van der Waals surface area contributed by atoms with E-state index in [1.54, 1.807) is 9.36 Å². The molecule has 0 aliphatic heterocycles. The molecular weight excluding hydrogens is 408 g/mol. The van der Waals surface area contributed by atoms with Gasteiger partial charge in [-0.25, -0.2) is 4.68 Å². The van der Waals surface area contributed by atoms with Gasteiger partial charge in [0.15, 0.2) is 10.9 Å². The summed E-state index contributed by atoms with van der Waals surface area (Å²) in [5.74, 6) is 1.35. The number of benzene rings is 3. The summed E-state index contributed by atoms with van der Waals surface area (Å²) in [5.41, 5.74) is 2.49. The van der Waals surface area contributed by atoms with Gasteiger partial charge in [0.05, 0.1) is 17.1 Å². The molecule has 3 aromatic carbocycles. The number of anilines is 2. The van der Waals surface area contributed by atoms with E-state index < -0.39 is 0 Å².